The van der Waals surface area contributed by atoms with Crippen molar-refractivity contribution in [1.82, 2.24) is 0 Å². The third-order valence-electron chi connectivity index (χ3n) is 4.53. The number of benzene rings is 3. The Labute approximate surface area is 173 Å². The van der Waals surface area contributed by atoms with E-state index in [9.17, 15) is 4.79 Å². The molecule has 4 rings (SSSR count). The van der Waals surface area contributed by atoms with E-state index in [2.05, 4.69) is 0 Å². The van der Waals surface area contributed by atoms with E-state index in [4.69, 9.17) is 32.7 Å². The standard InChI is InChI=1S/C23H16Cl2O3/c1-14-4-2-3-5-15(14)10-22-23(26)19-9-8-18(12-21(19)28-22)27-13-16-6-7-17(24)11-20(16)25/h2-12H,13H2,1H3/b22-10-. The summed E-state index contributed by atoms with van der Waals surface area (Å²) in [7, 11) is 0. The highest BCUT2D eigenvalue weighted by Gasteiger charge is 2.27. The normalized spacial score (nSPS) is 14.1. The van der Waals surface area contributed by atoms with Gasteiger partial charge in [0.2, 0.25) is 5.78 Å². The van der Waals surface area contributed by atoms with E-state index >= 15 is 0 Å². The van der Waals surface area contributed by atoms with Crippen LogP contribution >= 0.6 is 23.2 Å². The summed E-state index contributed by atoms with van der Waals surface area (Å²) in [5.41, 5.74) is 3.37. The third kappa shape index (κ3) is 3.77. The number of carbonyl (C=O) groups is 1. The highest BCUT2D eigenvalue weighted by atomic mass is 35.5. The van der Waals surface area contributed by atoms with E-state index in [1.807, 2.05) is 37.3 Å². The topological polar surface area (TPSA) is 35.5 Å². The Hall–Kier alpha value is -2.75. The fraction of sp³-hybridized carbons (Fsp3) is 0.0870. The molecule has 0 aromatic heterocycles. The summed E-state index contributed by atoms with van der Waals surface area (Å²) in [6.07, 6.45) is 1.77. The molecule has 0 fully saturated rings. The molecule has 0 atom stereocenters. The molecule has 28 heavy (non-hydrogen) atoms. The SMILES string of the molecule is Cc1ccccc1/C=C1\Oc2cc(OCc3ccc(Cl)cc3Cl)ccc2C1=O. The van der Waals surface area contributed by atoms with Gasteiger partial charge in [-0.05, 0) is 48.4 Å². The van der Waals surface area contributed by atoms with Gasteiger partial charge < -0.3 is 9.47 Å². The second-order valence-electron chi connectivity index (χ2n) is 6.48. The lowest BCUT2D eigenvalue weighted by Gasteiger charge is -2.09. The highest BCUT2D eigenvalue weighted by molar-refractivity contribution is 6.35. The van der Waals surface area contributed by atoms with Gasteiger partial charge in [0.15, 0.2) is 5.76 Å². The molecule has 3 aromatic rings. The van der Waals surface area contributed by atoms with Crippen molar-refractivity contribution >= 4 is 35.1 Å². The minimum absolute atomic E-state index is 0.134. The molecule has 1 heterocycles. The zero-order valence-electron chi connectivity index (χ0n) is 15.0. The number of Topliss-reactive ketones (excluding diaryl/α,β-unsaturated/α-hetero) is 1. The summed E-state index contributed by atoms with van der Waals surface area (Å²) in [4.78, 5) is 12.6. The Morgan fingerprint density at radius 3 is 2.64 bits per heavy atom. The van der Waals surface area contributed by atoms with Crippen molar-refractivity contribution in [3.05, 3.63) is 98.7 Å². The number of fused-ring (bicyclic) bond motifs is 1. The average Bonchev–Trinajstić information content (AvgIpc) is 2.98. The maximum Gasteiger partial charge on any atom is 0.231 e. The van der Waals surface area contributed by atoms with Gasteiger partial charge in [0.1, 0.15) is 18.1 Å². The van der Waals surface area contributed by atoms with E-state index in [1.165, 1.54) is 0 Å². The van der Waals surface area contributed by atoms with Gasteiger partial charge in [-0.3, -0.25) is 4.79 Å². The second kappa shape index (κ2) is 7.70. The first kappa shape index (κ1) is 18.6. The van der Waals surface area contributed by atoms with Crippen LogP contribution in [-0.4, -0.2) is 5.78 Å². The van der Waals surface area contributed by atoms with Crippen LogP contribution < -0.4 is 9.47 Å². The monoisotopic (exact) mass is 410 g/mol. The summed E-state index contributed by atoms with van der Waals surface area (Å²) < 4.78 is 11.6. The van der Waals surface area contributed by atoms with Gasteiger partial charge in [-0.15, -0.1) is 0 Å². The minimum Gasteiger partial charge on any atom is -0.489 e. The van der Waals surface area contributed by atoms with Crippen molar-refractivity contribution < 1.29 is 14.3 Å². The molecule has 5 heteroatoms. The quantitative estimate of drug-likeness (QED) is 0.460. The molecule has 140 valence electrons. The van der Waals surface area contributed by atoms with Crippen LogP contribution in [-0.2, 0) is 6.61 Å². The number of allylic oxidation sites excluding steroid dienone is 1. The van der Waals surface area contributed by atoms with Crippen LogP contribution in [0.3, 0.4) is 0 Å². The predicted octanol–water partition coefficient (Wildman–Crippen LogP) is 6.50. The van der Waals surface area contributed by atoms with Crippen LogP contribution in [0.15, 0.2) is 66.4 Å². The summed E-state index contributed by atoms with van der Waals surface area (Å²) in [6.45, 7) is 2.28. The number of ether oxygens (including phenoxy) is 2. The van der Waals surface area contributed by atoms with Crippen LogP contribution in [0.5, 0.6) is 11.5 Å². The van der Waals surface area contributed by atoms with Gasteiger partial charge in [-0.2, -0.15) is 0 Å². The summed E-state index contributed by atoms with van der Waals surface area (Å²) in [5.74, 6) is 1.26. The van der Waals surface area contributed by atoms with Crippen LogP contribution in [0.1, 0.15) is 27.0 Å². The minimum atomic E-state index is -0.134. The number of carbonyl (C=O) groups excluding carboxylic acids is 1. The van der Waals surface area contributed by atoms with Gasteiger partial charge in [0.05, 0.1) is 5.56 Å². The van der Waals surface area contributed by atoms with Gasteiger partial charge in [-0.1, -0.05) is 53.5 Å². The van der Waals surface area contributed by atoms with Crippen molar-refractivity contribution in [2.24, 2.45) is 0 Å². The number of hydrogen-bond donors (Lipinski definition) is 0. The van der Waals surface area contributed by atoms with Gasteiger partial charge >= 0.3 is 0 Å². The highest BCUT2D eigenvalue weighted by Crippen LogP contribution is 2.35. The molecule has 1 aliphatic rings. The lowest BCUT2D eigenvalue weighted by molar-refractivity contribution is 0.101. The largest absolute Gasteiger partial charge is 0.489 e. The first-order valence-electron chi connectivity index (χ1n) is 8.72. The Balaban J connectivity index is 1.53. The molecule has 0 unspecified atom stereocenters. The van der Waals surface area contributed by atoms with Crippen molar-refractivity contribution in [1.29, 1.82) is 0 Å². The first-order chi connectivity index (χ1) is 13.5. The van der Waals surface area contributed by atoms with E-state index in [1.54, 1.807) is 36.4 Å². The molecule has 0 saturated carbocycles. The molecule has 0 spiro atoms. The van der Waals surface area contributed by atoms with Crippen LogP contribution in [0, 0.1) is 6.92 Å². The number of hydrogen-bond acceptors (Lipinski definition) is 3. The average molecular weight is 411 g/mol. The van der Waals surface area contributed by atoms with E-state index in [0.717, 1.165) is 16.7 Å². The van der Waals surface area contributed by atoms with Crippen LogP contribution in [0.2, 0.25) is 10.0 Å². The van der Waals surface area contributed by atoms with Gasteiger partial charge in [0, 0.05) is 21.7 Å². The Morgan fingerprint density at radius 2 is 1.86 bits per heavy atom. The molecule has 0 radical (unpaired) electrons. The predicted molar refractivity (Wildman–Crippen MR) is 111 cm³/mol. The zero-order chi connectivity index (χ0) is 19.7. The third-order valence-corrected chi connectivity index (χ3v) is 5.11. The maximum atomic E-state index is 12.6. The summed E-state index contributed by atoms with van der Waals surface area (Å²) in [5, 5.41) is 1.12. The fourth-order valence-electron chi connectivity index (χ4n) is 2.95. The fourth-order valence-corrected chi connectivity index (χ4v) is 3.41. The molecular formula is C23H16Cl2O3. The number of aryl methyl sites for hydroxylation is 1. The Bertz CT molecular complexity index is 1100. The van der Waals surface area contributed by atoms with Crippen LogP contribution in [0.4, 0.5) is 0 Å². The van der Waals surface area contributed by atoms with E-state index in [0.29, 0.717) is 32.9 Å². The Morgan fingerprint density at radius 1 is 1.04 bits per heavy atom. The molecule has 0 amide bonds. The number of halogens is 2. The van der Waals surface area contributed by atoms with Crippen LogP contribution in [0.25, 0.3) is 6.08 Å². The molecule has 1 aliphatic heterocycles. The van der Waals surface area contributed by atoms with Crippen molar-refractivity contribution in [3.8, 4) is 11.5 Å². The number of rotatable bonds is 4. The second-order valence-corrected chi connectivity index (χ2v) is 7.32. The molecule has 3 nitrogen and oxygen atoms in total. The molecule has 0 saturated heterocycles. The Kier molecular flexibility index (Phi) is 5.12. The van der Waals surface area contributed by atoms with Gasteiger partial charge in [0.25, 0.3) is 0 Å². The molecule has 0 aliphatic carbocycles. The lowest BCUT2D eigenvalue weighted by Crippen LogP contribution is -1.98. The molecule has 3 aromatic carbocycles. The zero-order valence-corrected chi connectivity index (χ0v) is 16.6. The molecule has 0 N–H and O–H groups in total. The molecular weight excluding hydrogens is 395 g/mol. The summed E-state index contributed by atoms with van der Waals surface area (Å²) in [6, 6.07) is 18.3. The maximum absolute atomic E-state index is 12.6. The first-order valence-corrected chi connectivity index (χ1v) is 9.47. The van der Waals surface area contributed by atoms with E-state index < -0.39 is 0 Å². The van der Waals surface area contributed by atoms with Gasteiger partial charge in [-0.25, -0.2) is 0 Å². The smallest absolute Gasteiger partial charge is 0.231 e. The molecule has 0 bridgehead atoms. The van der Waals surface area contributed by atoms with E-state index in [-0.39, 0.29) is 12.4 Å². The summed E-state index contributed by atoms with van der Waals surface area (Å²) >= 11 is 12.1. The van der Waals surface area contributed by atoms with Crippen molar-refractivity contribution in [2.75, 3.05) is 0 Å². The number of ketones is 1. The van der Waals surface area contributed by atoms with Crippen molar-refractivity contribution in [2.45, 2.75) is 13.5 Å². The lowest BCUT2D eigenvalue weighted by atomic mass is 10.1. The van der Waals surface area contributed by atoms with Crippen molar-refractivity contribution in [3.63, 3.8) is 0 Å².